The highest BCUT2D eigenvalue weighted by Crippen LogP contribution is 2.45. The molecule has 156 valence electrons. The third kappa shape index (κ3) is 3.41. The molecule has 31 heavy (non-hydrogen) atoms. The molecule has 2 aliphatic rings. The van der Waals surface area contributed by atoms with E-state index in [-0.39, 0.29) is 0 Å². The molecule has 4 aromatic heterocycles. The number of ether oxygens (including phenoxy) is 1. The molecule has 1 aliphatic carbocycles. The molecule has 1 aliphatic heterocycles. The number of nitrogens with zero attached hydrogens (tertiary/aromatic N) is 5. The fourth-order valence-corrected chi connectivity index (χ4v) is 4.60. The van der Waals surface area contributed by atoms with Crippen LogP contribution in [0.15, 0.2) is 48.9 Å². The maximum absolute atomic E-state index is 5.51. The van der Waals surface area contributed by atoms with Crippen LogP contribution in [0.4, 0.5) is 0 Å². The zero-order valence-electron chi connectivity index (χ0n) is 17.7. The van der Waals surface area contributed by atoms with E-state index in [4.69, 9.17) is 19.8 Å². The van der Waals surface area contributed by atoms with E-state index in [0.29, 0.717) is 11.8 Å². The van der Waals surface area contributed by atoms with Crippen LogP contribution >= 0.6 is 0 Å². The van der Waals surface area contributed by atoms with Crippen molar-refractivity contribution in [3.8, 4) is 22.4 Å². The number of rotatable bonds is 4. The van der Waals surface area contributed by atoms with E-state index < -0.39 is 0 Å². The Balaban J connectivity index is 1.49. The average molecular weight is 412 g/mol. The number of hydrogen-bond donors (Lipinski definition) is 0. The van der Waals surface area contributed by atoms with Crippen LogP contribution in [0, 0.1) is 6.92 Å². The van der Waals surface area contributed by atoms with Crippen molar-refractivity contribution in [2.45, 2.75) is 44.4 Å². The minimum Gasteiger partial charge on any atom is -0.381 e. The number of imidazole rings is 1. The fourth-order valence-electron chi connectivity index (χ4n) is 4.60. The quantitative estimate of drug-likeness (QED) is 0.476. The van der Waals surface area contributed by atoms with Gasteiger partial charge in [-0.1, -0.05) is 0 Å². The second-order valence-corrected chi connectivity index (χ2v) is 8.65. The zero-order chi connectivity index (χ0) is 20.8. The Bertz CT molecular complexity index is 1220. The van der Waals surface area contributed by atoms with E-state index in [9.17, 15) is 0 Å². The summed E-state index contributed by atoms with van der Waals surface area (Å²) in [5, 5.41) is 4.88. The van der Waals surface area contributed by atoms with Gasteiger partial charge in [0.25, 0.3) is 0 Å². The minimum absolute atomic E-state index is 0.492. The van der Waals surface area contributed by atoms with Gasteiger partial charge in [0.05, 0.1) is 17.1 Å². The van der Waals surface area contributed by atoms with Crippen LogP contribution in [0.3, 0.4) is 0 Å². The monoisotopic (exact) mass is 411 g/mol. The molecular weight excluding hydrogens is 386 g/mol. The second kappa shape index (κ2) is 7.54. The van der Waals surface area contributed by atoms with Gasteiger partial charge in [0.15, 0.2) is 5.65 Å². The van der Waals surface area contributed by atoms with Crippen molar-refractivity contribution in [1.82, 2.24) is 24.6 Å². The van der Waals surface area contributed by atoms with Crippen LogP contribution in [0.25, 0.3) is 28.0 Å². The van der Waals surface area contributed by atoms with Crippen LogP contribution < -0.4 is 0 Å². The van der Waals surface area contributed by atoms with Gasteiger partial charge >= 0.3 is 0 Å². The molecule has 6 heteroatoms. The Morgan fingerprint density at radius 3 is 2.45 bits per heavy atom. The standard InChI is InChI=1S/C25H25N5O/c1-16-14-21(17-6-10-26-11-7-17)25-28-23(19-2-3-19)24(30(25)29-16)20-4-5-22(27-15-20)18-8-12-31-13-9-18/h4-7,10-11,14-15,18-19H,2-3,8-9,12-13H2,1H3. The summed E-state index contributed by atoms with van der Waals surface area (Å²) in [4.78, 5) is 14.1. The highest BCUT2D eigenvalue weighted by molar-refractivity contribution is 5.81. The molecule has 1 saturated heterocycles. The Morgan fingerprint density at radius 1 is 0.935 bits per heavy atom. The van der Waals surface area contributed by atoms with Crippen LogP contribution in [0.5, 0.6) is 0 Å². The van der Waals surface area contributed by atoms with E-state index >= 15 is 0 Å². The van der Waals surface area contributed by atoms with Gasteiger partial charge in [-0.25, -0.2) is 9.50 Å². The van der Waals surface area contributed by atoms with Crippen molar-refractivity contribution < 1.29 is 4.74 Å². The molecule has 1 saturated carbocycles. The summed E-state index contributed by atoms with van der Waals surface area (Å²) in [5.74, 6) is 1.00. The Morgan fingerprint density at radius 2 is 1.74 bits per heavy atom. The summed E-state index contributed by atoms with van der Waals surface area (Å²) in [7, 11) is 0. The first-order valence-electron chi connectivity index (χ1n) is 11.1. The minimum atomic E-state index is 0.492. The molecule has 6 rings (SSSR count). The molecule has 0 spiro atoms. The van der Waals surface area contributed by atoms with Crippen LogP contribution in [-0.2, 0) is 4.74 Å². The molecule has 0 bridgehead atoms. The Labute approximate surface area is 181 Å². The summed E-state index contributed by atoms with van der Waals surface area (Å²) >= 11 is 0. The summed E-state index contributed by atoms with van der Waals surface area (Å²) in [6.45, 7) is 3.69. The molecular formula is C25H25N5O. The van der Waals surface area contributed by atoms with Gasteiger partial charge in [-0.05, 0) is 68.5 Å². The average Bonchev–Trinajstić information content (AvgIpc) is 3.60. The van der Waals surface area contributed by atoms with Crippen LogP contribution in [0.1, 0.15) is 54.6 Å². The third-order valence-electron chi connectivity index (χ3n) is 6.39. The predicted octanol–water partition coefficient (Wildman–Crippen LogP) is 4.93. The largest absolute Gasteiger partial charge is 0.381 e. The molecule has 0 radical (unpaired) electrons. The maximum Gasteiger partial charge on any atom is 0.162 e. The lowest BCUT2D eigenvalue weighted by atomic mass is 9.95. The smallest absolute Gasteiger partial charge is 0.162 e. The molecule has 4 aromatic rings. The van der Waals surface area contributed by atoms with Crippen molar-refractivity contribution in [2.24, 2.45) is 0 Å². The van der Waals surface area contributed by atoms with E-state index in [2.05, 4.69) is 23.2 Å². The Hall–Kier alpha value is -3.12. The molecule has 6 nitrogen and oxygen atoms in total. The lowest BCUT2D eigenvalue weighted by Crippen LogP contribution is -2.15. The molecule has 5 heterocycles. The first kappa shape index (κ1) is 18.6. The van der Waals surface area contributed by atoms with E-state index in [0.717, 1.165) is 71.2 Å². The molecule has 0 N–H and O–H groups in total. The van der Waals surface area contributed by atoms with Gasteiger partial charge in [0, 0.05) is 60.5 Å². The van der Waals surface area contributed by atoms with Crippen molar-refractivity contribution in [1.29, 1.82) is 0 Å². The van der Waals surface area contributed by atoms with Crippen LogP contribution in [0.2, 0.25) is 0 Å². The first-order valence-corrected chi connectivity index (χ1v) is 11.1. The zero-order valence-corrected chi connectivity index (χ0v) is 17.7. The SMILES string of the molecule is Cc1cc(-c2ccncc2)c2nc(C3CC3)c(-c3ccc(C4CCOCC4)nc3)n2n1. The van der Waals surface area contributed by atoms with E-state index in [1.165, 1.54) is 12.8 Å². The van der Waals surface area contributed by atoms with Crippen molar-refractivity contribution in [3.05, 3.63) is 66.0 Å². The van der Waals surface area contributed by atoms with Gasteiger partial charge in [-0.15, -0.1) is 0 Å². The van der Waals surface area contributed by atoms with Gasteiger partial charge in [0.2, 0.25) is 0 Å². The molecule has 0 unspecified atom stereocenters. The number of hydrogen-bond acceptors (Lipinski definition) is 5. The summed E-state index contributed by atoms with van der Waals surface area (Å²) in [6, 6.07) is 10.6. The van der Waals surface area contributed by atoms with E-state index in [1.807, 2.05) is 42.2 Å². The number of fused-ring (bicyclic) bond motifs is 1. The summed E-state index contributed by atoms with van der Waals surface area (Å²) in [5.41, 5.74) is 8.55. The van der Waals surface area contributed by atoms with Crippen molar-refractivity contribution in [3.63, 3.8) is 0 Å². The van der Waals surface area contributed by atoms with Gasteiger partial charge in [-0.3, -0.25) is 9.97 Å². The molecule has 2 fully saturated rings. The second-order valence-electron chi connectivity index (χ2n) is 8.65. The maximum atomic E-state index is 5.51. The van der Waals surface area contributed by atoms with Crippen LogP contribution in [-0.4, -0.2) is 37.8 Å². The van der Waals surface area contributed by atoms with Crippen molar-refractivity contribution >= 4 is 5.65 Å². The normalized spacial score (nSPS) is 17.3. The number of aromatic nitrogens is 5. The Kier molecular flexibility index (Phi) is 4.53. The van der Waals surface area contributed by atoms with Gasteiger partial charge < -0.3 is 4.74 Å². The number of pyridine rings is 2. The first-order chi connectivity index (χ1) is 15.3. The lowest BCUT2D eigenvalue weighted by molar-refractivity contribution is 0.0845. The summed E-state index contributed by atoms with van der Waals surface area (Å²) in [6.07, 6.45) is 10.1. The molecule has 0 amide bonds. The lowest BCUT2D eigenvalue weighted by Gasteiger charge is -2.21. The topological polar surface area (TPSA) is 65.2 Å². The van der Waals surface area contributed by atoms with E-state index in [1.54, 1.807) is 0 Å². The highest BCUT2D eigenvalue weighted by Gasteiger charge is 2.32. The highest BCUT2D eigenvalue weighted by atomic mass is 16.5. The fraction of sp³-hybridized carbons (Fsp3) is 0.360. The third-order valence-corrected chi connectivity index (χ3v) is 6.39. The number of aryl methyl sites for hydroxylation is 1. The van der Waals surface area contributed by atoms with Gasteiger partial charge in [0.1, 0.15) is 0 Å². The van der Waals surface area contributed by atoms with Gasteiger partial charge in [-0.2, -0.15) is 5.10 Å². The molecule has 0 aromatic carbocycles. The summed E-state index contributed by atoms with van der Waals surface area (Å²) < 4.78 is 7.54. The molecule has 0 atom stereocenters. The predicted molar refractivity (Wildman–Crippen MR) is 119 cm³/mol. The van der Waals surface area contributed by atoms with Crippen molar-refractivity contribution in [2.75, 3.05) is 13.2 Å².